The van der Waals surface area contributed by atoms with Crippen molar-refractivity contribution in [3.05, 3.63) is 30.3 Å². The van der Waals surface area contributed by atoms with Crippen LogP contribution in [-0.4, -0.2) is 33.1 Å². The van der Waals surface area contributed by atoms with Crippen molar-refractivity contribution in [2.24, 2.45) is 0 Å². The van der Waals surface area contributed by atoms with E-state index in [1.807, 2.05) is 0 Å². The van der Waals surface area contributed by atoms with Gasteiger partial charge in [-0.3, -0.25) is 4.79 Å². The van der Waals surface area contributed by atoms with Crippen LogP contribution >= 0.6 is 0 Å². The molecule has 0 saturated heterocycles. The first kappa shape index (κ1) is 17.9. The van der Waals surface area contributed by atoms with Crippen molar-refractivity contribution in [3.63, 3.8) is 0 Å². The van der Waals surface area contributed by atoms with Crippen molar-refractivity contribution in [1.82, 2.24) is 4.89 Å². The third-order valence-corrected chi connectivity index (χ3v) is 3.29. The lowest BCUT2D eigenvalue weighted by molar-refractivity contribution is -0.200. The van der Waals surface area contributed by atoms with Crippen LogP contribution in [0.4, 0.5) is 13.2 Å². The second kappa shape index (κ2) is 7.22. The molecule has 0 heterocycles. The lowest BCUT2D eigenvalue weighted by atomic mass is 10.4. The number of halogens is 3. The maximum absolute atomic E-state index is 11.8. The minimum absolute atomic E-state index is 0.175. The lowest BCUT2D eigenvalue weighted by Gasteiger charge is -2.08. The molecule has 0 spiro atoms. The van der Waals surface area contributed by atoms with Gasteiger partial charge in [0.1, 0.15) is 6.61 Å². The normalized spacial score (nSPS) is 11.8. The van der Waals surface area contributed by atoms with E-state index in [1.54, 1.807) is 6.07 Å². The fourth-order valence-electron chi connectivity index (χ4n) is 1.11. The van der Waals surface area contributed by atoms with Crippen LogP contribution < -0.4 is 4.89 Å². The predicted octanol–water partition coefficient (Wildman–Crippen LogP) is 0.919. The summed E-state index contributed by atoms with van der Waals surface area (Å²) in [4.78, 5) is 27.0. The highest BCUT2D eigenvalue weighted by Crippen LogP contribution is 2.16. The van der Waals surface area contributed by atoms with E-state index in [4.69, 9.17) is 0 Å². The maximum Gasteiger partial charge on any atom is 0.490 e. The number of hydrogen-bond acceptors (Lipinski definition) is 6. The van der Waals surface area contributed by atoms with Crippen LogP contribution in [-0.2, 0) is 29.2 Å². The Morgan fingerprint density at radius 1 is 1.14 bits per heavy atom. The molecule has 0 unspecified atom stereocenters. The molecule has 0 saturated carbocycles. The van der Waals surface area contributed by atoms with Crippen molar-refractivity contribution in [2.75, 3.05) is 6.61 Å². The van der Waals surface area contributed by atoms with E-state index in [2.05, 4.69) is 9.57 Å². The minimum atomic E-state index is -5.17. The standard InChI is InChI=1S/C11H10F3NO6S/c12-11(13,14)10(17)20-7-6-9(16)21-15-22(18,19)8-4-2-1-3-5-8/h1-5,15H,6-7H2. The van der Waals surface area contributed by atoms with Crippen LogP contribution in [0.3, 0.4) is 0 Å². The summed E-state index contributed by atoms with van der Waals surface area (Å²) in [6, 6.07) is 6.92. The number of esters is 1. The van der Waals surface area contributed by atoms with E-state index in [9.17, 15) is 31.2 Å². The molecular formula is C11H10F3NO6S. The van der Waals surface area contributed by atoms with Gasteiger partial charge in [0.2, 0.25) is 0 Å². The van der Waals surface area contributed by atoms with Gasteiger partial charge in [-0.15, -0.1) is 0 Å². The van der Waals surface area contributed by atoms with Gasteiger partial charge in [0, 0.05) is 0 Å². The highest BCUT2D eigenvalue weighted by atomic mass is 32.2. The summed E-state index contributed by atoms with van der Waals surface area (Å²) in [5.74, 6) is -3.67. The Balaban J connectivity index is 2.39. The van der Waals surface area contributed by atoms with Gasteiger partial charge in [0.05, 0.1) is 11.3 Å². The van der Waals surface area contributed by atoms with Gasteiger partial charge in [-0.25, -0.2) is 13.2 Å². The molecule has 122 valence electrons. The van der Waals surface area contributed by atoms with E-state index < -0.39 is 41.2 Å². The molecule has 0 aliphatic rings. The first-order valence-corrected chi connectivity index (χ1v) is 7.12. The van der Waals surface area contributed by atoms with Gasteiger partial charge in [-0.05, 0) is 17.0 Å². The topological polar surface area (TPSA) is 98.8 Å². The number of rotatable bonds is 6. The van der Waals surface area contributed by atoms with Crippen molar-refractivity contribution in [2.45, 2.75) is 17.5 Å². The second-order valence-corrected chi connectivity index (χ2v) is 5.40. The molecule has 0 aliphatic carbocycles. The lowest BCUT2D eigenvalue weighted by Crippen LogP contribution is -2.29. The van der Waals surface area contributed by atoms with Crippen LogP contribution in [0.5, 0.6) is 0 Å². The maximum atomic E-state index is 11.8. The Morgan fingerprint density at radius 3 is 2.27 bits per heavy atom. The van der Waals surface area contributed by atoms with Crippen molar-refractivity contribution < 1.29 is 40.8 Å². The Kier molecular flexibility index (Phi) is 5.88. The summed E-state index contributed by atoms with van der Waals surface area (Å²) in [6.45, 7) is -0.899. The fourth-order valence-corrected chi connectivity index (χ4v) is 1.92. The molecule has 1 N–H and O–H groups in total. The molecule has 1 rings (SSSR count). The number of benzene rings is 1. The SMILES string of the molecule is O=C(CCOC(=O)C(F)(F)F)ONS(=O)(=O)c1ccccc1. The van der Waals surface area contributed by atoms with Gasteiger partial charge in [-0.1, -0.05) is 18.2 Å². The molecule has 0 radical (unpaired) electrons. The molecule has 0 aliphatic heterocycles. The molecule has 22 heavy (non-hydrogen) atoms. The van der Waals surface area contributed by atoms with E-state index >= 15 is 0 Å². The Morgan fingerprint density at radius 2 is 1.73 bits per heavy atom. The first-order chi connectivity index (χ1) is 10.1. The number of carbonyl (C=O) groups excluding carboxylic acids is 2. The van der Waals surface area contributed by atoms with Crippen LogP contribution in [0.15, 0.2) is 35.2 Å². The smallest absolute Gasteiger partial charge is 0.458 e. The molecule has 7 nitrogen and oxygen atoms in total. The first-order valence-electron chi connectivity index (χ1n) is 5.63. The zero-order chi connectivity index (χ0) is 16.8. The number of carbonyl (C=O) groups is 2. The van der Waals surface area contributed by atoms with Crippen LogP contribution in [0.2, 0.25) is 0 Å². The predicted molar refractivity (Wildman–Crippen MR) is 64.5 cm³/mol. The summed E-state index contributed by atoms with van der Waals surface area (Å²) >= 11 is 0. The van der Waals surface area contributed by atoms with Crippen LogP contribution in [0.1, 0.15) is 6.42 Å². The number of ether oxygens (including phenoxy) is 1. The van der Waals surface area contributed by atoms with Crippen molar-refractivity contribution >= 4 is 22.0 Å². The zero-order valence-electron chi connectivity index (χ0n) is 10.8. The molecule has 0 aromatic heterocycles. The van der Waals surface area contributed by atoms with Crippen LogP contribution in [0, 0.1) is 0 Å². The highest BCUT2D eigenvalue weighted by molar-refractivity contribution is 7.89. The van der Waals surface area contributed by atoms with E-state index in [-0.39, 0.29) is 4.90 Å². The number of nitrogens with one attached hydrogen (secondary N) is 1. The highest BCUT2D eigenvalue weighted by Gasteiger charge is 2.40. The van der Waals surface area contributed by atoms with Crippen molar-refractivity contribution in [3.8, 4) is 0 Å². The molecule has 0 fully saturated rings. The summed E-state index contributed by atoms with van der Waals surface area (Å²) in [6.07, 6.45) is -5.92. The molecule has 0 amide bonds. The van der Waals surface area contributed by atoms with Crippen LogP contribution in [0.25, 0.3) is 0 Å². The number of alkyl halides is 3. The Bertz CT molecular complexity index is 629. The average molecular weight is 341 g/mol. The monoisotopic (exact) mass is 341 g/mol. The van der Waals surface area contributed by atoms with Gasteiger partial charge in [-0.2, -0.15) is 13.2 Å². The Labute approximate surface area is 123 Å². The van der Waals surface area contributed by atoms with Gasteiger partial charge in [0.15, 0.2) is 0 Å². The molecule has 11 heteroatoms. The van der Waals surface area contributed by atoms with E-state index in [0.29, 0.717) is 0 Å². The summed E-state index contributed by atoms with van der Waals surface area (Å²) in [5, 5.41) is 0. The van der Waals surface area contributed by atoms with Crippen molar-refractivity contribution in [1.29, 1.82) is 0 Å². The molecule has 0 atom stereocenters. The third kappa shape index (κ3) is 5.69. The largest absolute Gasteiger partial charge is 0.490 e. The quantitative estimate of drug-likeness (QED) is 0.610. The van der Waals surface area contributed by atoms with E-state index in [1.165, 1.54) is 29.2 Å². The molecule has 1 aromatic rings. The summed E-state index contributed by atoms with van der Waals surface area (Å²) < 4.78 is 62.4. The van der Waals surface area contributed by atoms with Gasteiger partial charge >= 0.3 is 18.1 Å². The van der Waals surface area contributed by atoms with Gasteiger partial charge in [0.25, 0.3) is 10.0 Å². The molecular weight excluding hydrogens is 331 g/mol. The minimum Gasteiger partial charge on any atom is -0.458 e. The Hall–Kier alpha value is -2.14. The molecule has 0 bridgehead atoms. The third-order valence-electron chi connectivity index (χ3n) is 2.09. The average Bonchev–Trinajstić information content (AvgIpc) is 2.45. The summed E-state index contributed by atoms with van der Waals surface area (Å²) in [7, 11) is -4.10. The van der Waals surface area contributed by atoms with Gasteiger partial charge < -0.3 is 9.57 Å². The number of hydrogen-bond donors (Lipinski definition) is 1. The summed E-state index contributed by atoms with van der Waals surface area (Å²) in [5.41, 5.74) is 0. The van der Waals surface area contributed by atoms with E-state index in [0.717, 1.165) is 0 Å². The second-order valence-electron chi connectivity index (χ2n) is 3.76. The number of sulfonamides is 1. The fraction of sp³-hybridized carbons (Fsp3) is 0.273. The molecule has 1 aromatic carbocycles. The zero-order valence-corrected chi connectivity index (χ0v) is 11.6.